The summed E-state index contributed by atoms with van der Waals surface area (Å²) in [5.41, 5.74) is 10.2. The van der Waals surface area contributed by atoms with Gasteiger partial charge in [0, 0.05) is 0 Å². The molecule has 0 aliphatic heterocycles. The molecule has 0 fully saturated rings. The number of benzene rings is 7. The SMILES string of the molecule is Cc1ccc2cc(C3(c4ccc5cc(C)ccc5c4)c4ccccc4-c4c3ccc3ccccc43)ccc2c1. The number of fused-ring (bicyclic) bond motifs is 7. The molecule has 0 radical (unpaired) electrons. The van der Waals surface area contributed by atoms with E-state index < -0.39 is 5.41 Å². The molecule has 0 bridgehead atoms. The van der Waals surface area contributed by atoms with Gasteiger partial charge in [0.25, 0.3) is 0 Å². The first kappa shape index (κ1) is 22.3. The first-order chi connectivity index (χ1) is 19.1. The van der Waals surface area contributed by atoms with Gasteiger partial charge >= 0.3 is 0 Å². The van der Waals surface area contributed by atoms with Crippen LogP contribution >= 0.6 is 0 Å². The minimum absolute atomic E-state index is 0.423. The van der Waals surface area contributed by atoms with Crippen LogP contribution in [0.1, 0.15) is 33.4 Å². The maximum Gasteiger partial charge on any atom is 0.0714 e. The first-order valence-electron chi connectivity index (χ1n) is 13.8. The molecule has 1 aliphatic carbocycles. The van der Waals surface area contributed by atoms with Crippen molar-refractivity contribution in [1.29, 1.82) is 0 Å². The lowest BCUT2D eigenvalue weighted by Crippen LogP contribution is -2.28. The third-order valence-corrected chi connectivity index (χ3v) is 8.79. The average molecular weight is 497 g/mol. The van der Waals surface area contributed by atoms with E-state index >= 15 is 0 Å². The Morgan fingerprint density at radius 1 is 0.410 bits per heavy atom. The topological polar surface area (TPSA) is 0 Å². The van der Waals surface area contributed by atoms with Crippen molar-refractivity contribution >= 4 is 32.3 Å². The van der Waals surface area contributed by atoms with E-state index in [4.69, 9.17) is 0 Å². The Morgan fingerprint density at radius 3 is 1.64 bits per heavy atom. The van der Waals surface area contributed by atoms with Crippen LogP contribution in [0.4, 0.5) is 0 Å². The summed E-state index contributed by atoms with van der Waals surface area (Å²) < 4.78 is 0. The van der Waals surface area contributed by atoms with Gasteiger partial charge in [-0.3, -0.25) is 0 Å². The van der Waals surface area contributed by atoms with Crippen LogP contribution in [0.2, 0.25) is 0 Å². The molecule has 39 heavy (non-hydrogen) atoms. The highest BCUT2D eigenvalue weighted by atomic mass is 14.5. The van der Waals surface area contributed by atoms with Crippen LogP contribution in [-0.4, -0.2) is 0 Å². The maximum absolute atomic E-state index is 2.43. The highest BCUT2D eigenvalue weighted by molar-refractivity contribution is 6.04. The van der Waals surface area contributed by atoms with Gasteiger partial charge in [0.15, 0.2) is 0 Å². The summed E-state index contributed by atoms with van der Waals surface area (Å²) in [6, 6.07) is 50.3. The Hall–Kier alpha value is -4.68. The van der Waals surface area contributed by atoms with Gasteiger partial charge in [0.2, 0.25) is 0 Å². The number of hydrogen-bond donors (Lipinski definition) is 0. The summed E-state index contributed by atoms with van der Waals surface area (Å²) in [6.45, 7) is 4.33. The molecule has 1 aliphatic rings. The van der Waals surface area contributed by atoms with Crippen molar-refractivity contribution in [2.24, 2.45) is 0 Å². The standard InChI is InChI=1S/C39H28/c1-25-11-13-30-23-32(18-15-28(30)21-25)39(33-19-16-29-22-26(2)12-14-31(29)24-33)36-10-6-5-9-35(36)38-34-8-4-3-7-27(34)17-20-37(38)39/h3-24H,1-2H3. The van der Waals surface area contributed by atoms with E-state index in [-0.39, 0.29) is 0 Å². The highest BCUT2D eigenvalue weighted by Gasteiger charge is 2.46. The van der Waals surface area contributed by atoms with E-state index in [0.717, 1.165) is 0 Å². The molecule has 0 atom stereocenters. The Morgan fingerprint density at radius 2 is 0.949 bits per heavy atom. The second-order valence-corrected chi connectivity index (χ2v) is 11.1. The van der Waals surface area contributed by atoms with E-state index in [1.54, 1.807) is 0 Å². The van der Waals surface area contributed by atoms with Crippen LogP contribution in [0.15, 0.2) is 133 Å². The monoisotopic (exact) mass is 496 g/mol. The third-order valence-electron chi connectivity index (χ3n) is 8.79. The van der Waals surface area contributed by atoms with Crippen LogP contribution in [0.5, 0.6) is 0 Å². The van der Waals surface area contributed by atoms with Gasteiger partial charge in [-0.1, -0.05) is 132 Å². The summed E-state index contributed by atoms with van der Waals surface area (Å²) >= 11 is 0. The molecule has 184 valence electrons. The molecule has 0 heteroatoms. The van der Waals surface area contributed by atoms with Crippen LogP contribution < -0.4 is 0 Å². The van der Waals surface area contributed by atoms with Gasteiger partial charge < -0.3 is 0 Å². The number of hydrogen-bond acceptors (Lipinski definition) is 0. The second kappa shape index (κ2) is 8.16. The Balaban J connectivity index is 1.55. The lowest BCUT2D eigenvalue weighted by atomic mass is 9.67. The maximum atomic E-state index is 2.43. The molecule has 0 N–H and O–H groups in total. The predicted molar refractivity (Wildman–Crippen MR) is 166 cm³/mol. The van der Waals surface area contributed by atoms with E-state index in [2.05, 4.69) is 147 Å². The van der Waals surface area contributed by atoms with Crippen molar-refractivity contribution in [3.05, 3.63) is 167 Å². The molecular formula is C39H28. The van der Waals surface area contributed by atoms with E-state index in [1.807, 2.05) is 0 Å². The zero-order valence-corrected chi connectivity index (χ0v) is 22.2. The molecule has 0 saturated carbocycles. The van der Waals surface area contributed by atoms with Gasteiger partial charge in [-0.15, -0.1) is 0 Å². The van der Waals surface area contributed by atoms with Crippen molar-refractivity contribution in [3.8, 4) is 11.1 Å². The van der Waals surface area contributed by atoms with Crippen LogP contribution in [-0.2, 0) is 5.41 Å². The van der Waals surface area contributed by atoms with Gasteiger partial charge in [0.05, 0.1) is 5.41 Å². The quantitative estimate of drug-likeness (QED) is 0.223. The van der Waals surface area contributed by atoms with Gasteiger partial charge in [-0.05, 0) is 91.7 Å². The summed E-state index contributed by atoms with van der Waals surface area (Å²) in [5.74, 6) is 0. The molecule has 0 amide bonds. The molecule has 0 spiro atoms. The molecule has 7 aromatic rings. The van der Waals surface area contributed by atoms with Gasteiger partial charge in [0.1, 0.15) is 0 Å². The number of rotatable bonds is 2. The minimum atomic E-state index is -0.423. The fourth-order valence-electron chi connectivity index (χ4n) is 7.03. The Labute approximate surface area is 229 Å². The highest BCUT2D eigenvalue weighted by Crippen LogP contribution is 2.58. The lowest BCUT2D eigenvalue weighted by molar-refractivity contribution is 0.772. The molecule has 0 nitrogen and oxygen atoms in total. The first-order valence-corrected chi connectivity index (χ1v) is 13.8. The average Bonchev–Trinajstić information content (AvgIpc) is 3.28. The van der Waals surface area contributed by atoms with E-state index in [1.165, 1.54) is 76.8 Å². The summed E-state index contributed by atoms with van der Waals surface area (Å²) in [5, 5.41) is 7.73. The van der Waals surface area contributed by atoms with Crippen molar-refractivity contribution in [3.63, 3.8) is 0 Å². The van der Waals surface area contributed by atoms with Crippen molar-refractivity contribution < 1.29 is 0 Å². The van der Waals surface area contributed by atoms with Crippen LogP contribution in [0.25, 0.3) is 43.4 Å². The van der Waals surface area contributed by atoms with Crippen molar-refractivity contribution in [2.75, 3.05) is 0 Å². The zero-order chi connectivity index (χ0) is 26.1. The fraction of sp³-hybridized carbons (Fsp3) is 0.0769. The lowest BCUT2D eigenvalue weighted by Gasteiger charge is -2.34. The smallest absolute Gasteiger partial charge is 0.0619 e. The molecule has 8 rings (SSSR count). The fourth-order valence-corrected chi connectivity index (χ4v) is 7.03. The normalized spacial score (nSPS) is 13.6. The summed E-state index contributed by atoms with van der Waals surface area (Å²) in [7, 11) is 0. The summed E-state index contributed by atoms with van der Waals surface area (Å²) in [4.78, 5) is 0. The van der Waals surface area contributed by atoms with Crippen molar-refractivity contribution in [2.45, 2.75) is 19.3 Å². The third kappa shape index (κ3) is 3.12. The van der Waals surface area contributed by atoms with Crippen LogP contribution in [0.3, 0.4) is 0 Å². The van der Waals surface area contributed by atoms with E-state index in [9.17, 15) is 0 Å². The minimum Gasteiger partial charge on any atom is -0.0619 e. The summed E-state index contributed by atoms with van der Waals surface area (Å²) in [6.07, 6.45) is 0. The van der Waals surface area contributed by atoms with Gasteiger partial charge in [-0.2, -0.15) is 0 Å². The van der Waals surface area contributed by atoms with Crippen LogP contribution in [0, 0.1) is 13.8 Å². The Bertz CT molecular complexity index is 2010. The Kier molecular flexibility index (Phi) is 4.67. The molecule has 0 unspecified atom stereocenters. The van der Waals surface area contributed by atoms with E-state index in [0.29, 0.717) is 0 Å². The molecule has 0 aromatic heterocycles. The molecular weight excluding hydrogens is 468 g/mol. The largest absolute Gasteiger partial charge is 0.0714 e. The zero-order valence-electron chi connectivity index (χ0n) is 22.2. The predicted octanol–water partition coefficient (Wildman–Crippen LogP) is 10.1. The van der Waals surface area contributed by atoms with Gasteiger partial charge in [-0.25, -0.2) is 0 Å². The molecule has 0 saturated heterocycles. The van der Waals surface area contributed by atoms with Crippen molar-refractivity contribution in [1.82, 2.24) is 0 Å². The number of aryl methyl sites for hydroxylation is 2. The molecule has 0 heterocycles. The molecule has 7 aromatic carbocycles. The second-order valence-electron chi connectivity index (χ2n) is 11.1.